The van der Waals surface area contributed by atoms with Gasteiger partial charge in [-0.25, -0.2) is 0 Å². The monoisotopic (exact) mass is 226 g/mol. The maximum absolute atomic E-state index is 5.02. The first kappa shape index (κ1) is 12.5. The van der Waals surface area contributed by atoms with E-state index < -0.39 is 0 Å². The Morgan fingerprint density at radius 2 is 2.27 bits per heavy atom. The SMILES string of the molecule is COCCN(C)Cc1ccc(SC)cn1. The van der Waals surface area contributed by atoms with Crippen molar-refractivity contribution in [2.75, 3.05) is 33.6 Å². The molecule has 0 aliphatic carbocycles. The van der Waals surface area contributed by atoms with Crippen LogP contribution in [0.2, 0.25) is 0 Å². The molecule has 1 aromatic rings. The van der Waals surface area contributed by atoms with Gasteiger partial charge in [0.25, 0.3) is 0 Å². The fourth-order valence-corrected chi connectivity index (χ4v) is 1.59. The molecule has 1 aromatic heterocycles. The summed E-state index contributed by atoms with van der Waals surface area (Å²) in [5.74, 6) is 0. The number of aromatic nitrogens is 1. The number of thioether (sulfide) groups is 1. The van der Waals surface area contributed by atoms with Gasteiger partial charge in [-0.2, -0.15) is 0 Å². The van der Waals surface area contributed by atoms with Crippen LogP contribution in [0.25, 0.3) is 0 Å². The van der Waals surface area contributed by atoms with E-state index in [1.165, 1.54) is 4.90 Å². The number of ether oxygens (including phenoxy) is 1. The smallest absolute Gasteiger partial charge is 0.0589 e. The number of rotatable bonds is 6. The Hall–Kier alpha value is -0.580. The summed E-state index contributed by atoms with van der Waals surface area (Å²) < 4.78 is 5.02. The summed E-state index contributed by atoms with van der Waals surface area (Å²) >= 11 is 1.71. The van der Waals surface area contributed by atoms with Crippen molar-refractivity contribution in [1.29, 1.82) is 0 Å². The number of likely N-dealkylation sites (N-methyl/N-ethyl adjacent to an activating group) is 1. The van der Waals surface area contributed by atoms with Gasteiger partial charge >= 0.3 is 0 Å². The van der Waals surface area contributed by atoms with Crippen molar-refractivity contribution in [1.82, 2.24) is 9.88 Å². The lowest BCUT2D eigenvalue weighted by Gasteiger charge is -2.15. The predicted octanol–water partition coefficient (Wildman–Crippen LogP) is 1.88. The van der Waals surface area contributed by atoms with Crippen LogP contribution in [0.3, 0.4) is 0 Å². The summed E-state index contributed by atoms with van der Waals surface area (Å²) in [6.07, 6.45) is 3.98. The van der Waals surface area contributed by atoms with Gasteiger partial charge in [0.1, 0.15) is 0 Å². The van der Waals surface area contributed by atoms with Crippen LogP contribution in [-0.2, 0) is 11.3 Å². The van der Waals surface area contributed by atoms with Gasteiger partial charge in [0, 0.05) is 31.3 Å². The quantitative estimate of drug-likeness (QED) is 0.692. The minimum Gasteiger partial charge on any atom is -0.383 e. The van der Waals surface area contributed by atoms with Crippen LogP contribution < -0.4 is 0 Å². The van der Waals surface area contributed by atoms with Gasteiger partial charge in [0.05, 0.1) is 12.3 Å². The van der Waals surface area contributed by atoms with E-state index in [2.05, 4.69) is 35.3 Å². The molecule has 0 saturated carbocycles. The Bertz CT molecular complexity index is 276. The molecule has 0 atom stereocenters. The third-order valence-corrected chi connectivity index (χ3v) is 2.86. The van der Waals surface area contributed by atoms with Crippen molar-refractivity contribution in [3.05, 3.63) is 24.0 Å². The van der Waals surface area contributed by atoms with Crippen LogP contribution in [0.4, 0.5) is 0 Å². The summed E-state index contributed by atoms with van der Waals surface area (Å²) in [4.78, 5) is 7.80. The standard InChI is InChI=1S/C11H18N2OS/c1-13(6-7-14-2)9-10-4-5-11(15-3)8-12-10/h4-5,8H,6-7,9H2,1-3H3. The summed E-state index contributed by atoms with van der Waals surface area (Å²) in [6, 6.07) is 4.19. The maximum atomic E-state index is 5.02. The third-order valence-electron chi connectivity index (χ3n) is 2.14. The average molecular weight is 226 g/mol. The van der Waals surface area contributed by atoms with E-state index in [0.717, 1.165) is 25.4 Å². The van der Waals surface area contributed by atoms with Crippen LogP contribution in [0.1, 0.15) is 5.69 Å². The van der Waals surface area contributed by atoms with Gasteiger partial charge in [-0.1, -0.05) is 0 Å². The molecule has 0 unspecified atom stereocenters. The molecule has 0 amide bonds. The molecule has 84 valence electrons. The van der Waals surface area contributed by atoms with Crippen LogP contribution in [0.5, 0.6) is 0 Å². The van der Waals surface area contributed by atoms with Crippen LogP contribution >= 0.6 is 11.8 Å². The van der Waals surface area contributed by atoms with Gasteiger partial charge in [0.15, 0.2) is 0 Å². The van der Waals surface area contributed by atoms with Gasteiger partial charge in [-0.15, -0.1) is 11.8 Å². The highest BCUT2D eigenvalue weighted by Crippen LogP contribution is 2.12. The van der Waals surface area contributed by atoms with Crippen LogP contribution in [-0.4, -0.2) is 43.4 Å². The first-order chi connectivity index (χ1) is 7.26. The normalized spacial score (nSPS) is 10.9. The highest BCUT2D eigenvalue weighted by atomic mass is 32.2. The first-order valence-electron chi connectivity index (χ1n) is 4.92. The summed E-state index contributed by atoms with van der Waals surface area (Å²) in [6.45, 7) is 2.57. The number of nitrogens with zero attached hydrogens (tertiary/aromatic N) is 2. The molecular formula is C11H18N2OS. The fraction of sp³-hybridized carbons (Fsp3) is 0.545. The van der Waals surface area contributed by atoms with Gasteiger partial charge in [0.2, 0.25) is 0 Å². The molecular weight excluding hydrogens is 208 g/mol. The molecule has 1 rings (SSSR count). The third kappa shape index (κ3) is 4.64. The lowest BCUT2D eigenvalue weighted by molar-refractivity contribution is 0.158. The molecule has 4 heteroatoms. The Morgan fingerprint density at radius 3 is 2.80 bits per heavy atom. The number of hydrogen-bond donors (Lipinski definition) is 0. The molecule has 15 heavy (non-hydrogen) atoms. The summed E-state index contributed by atoms with van der Waals surface area (Å²) in [5, 5.41) is 0. The second kappa shape index (κ2) is 6.82. The molecule has 3 nitrogen and oxygen atoms in total. The van der Waals surface area contributed by atoms with E-state index in [1.807, 2.05) is 6.20 Å². The van der Waals surface area contributed by atoms with Gasteiger partial charge in [-0.05, 0) is 25.4 Å². The zero-order valence-corrected chi connectivity index (χ0v) is 10.4. The number of pyridine rings is 1. The van der Waals surface area contributed by atoms with E-state index in [9.17, 15) is 0 Å². The Labute approximate surface area is 95.8 Å². The van der Waals surface area contributed by atoms with Crippen LogP contribution in [0, 0.1) is 0 Å². The minimum atomic E-state index is 0.763. The molecule has 0 aliphatic rings. The van der Waals surface area contributed by atoms with E-state index in [1.54, 1.807) is 18.9 Å². The molecule has 0 fully saturated rings. The van der Waals surface area contributed by atoms with Crippen molar-refractivity contribution < 1.29 is 4.74 Å². The molecule has 0 radical (unpaired) electrons. The minimum absolute atomic E-state index is 0.763. The Morgan fingerprint density at radius 1 is 1.47 bits per heavy atom. The largest absolute Gasteiger partial charge is 0.383 e. The molecule has 0 aliphatic heterocycles. The molecule has 0 saturated heterocycles. The molecule has 1 heterocycles. The zero-order valence-electron chi connectivity index (χ0n) is 9.56. The lowest BCUT2D eigenvalue weighted by Crippen LogP contribution is -2.22. The molecule has 0 bridgehead atoms. The van der Waals surface area contributed by atoms with Crippen molar-refractivity contribution >= 4 is 11.8 Å². The molecule has 0 aromatic carbocycles. The topological polar surface area (TPSA) is 25.4 Å². The molecule has 0 spiro atoms. The van der Waals surface area contributed by atoms with E-state index >= 15 is 0 Å². The average Bonchev–Trinajstić information content (AvgIpc) is 2.27. The van der Waals surface area contributed by atoms with Crippen molar-refractivity contribution in [3.8, 4) is 0 Å². The Balaban J connectivity index is 2.42. The van der Waals surface area contributed by atoms with Crippen molar-refractivity contribution in [2.45, 2.75) is 11.4 Å². The van der Waals surface area contributed by atoms with Crippen LogP contribution in [0.15, 0.2) is 23.2 Å². The van der Waals surface area contributed by atoms with Crippen molar-refractivity contribution in [3.63, 3.8) is 0 Å². The maximum Gasteiger partial charge on any atom is 0.0589 e. The fourth-order valence-electron chi connectivity index (χ4n) is 1.23. The second-order valence-electron chi connectivity index (χ2n) is 3.42. The van der Waals surface area contributed by atoms with Gasteiger partial charge in [-0.3, -0.25) is 9.88 Å². The zero-order chi connectivity index (χ0) is 11.1. The predicted molar refractivity (Wildman–Crippen MR) is 64.2 cm³/mol. The first-order valence-corrected chi connectivity index (χ1v) is 6.15. The Kier molecular flexibility index (Phi) is 5.68. The van der Waals surface area contributed by atoms with E-state index in [-0.39, 0.29) is 0 Å². The number of methoxy groups -OCH3 is 1. The highest BCUT2D eigenvalue weighted by molar-refractivity contribution is 7.98. The lowest BCUT2D eigenvalue weighted by atomic mass is 10.3. The van der Waals surface area contributed by atoms with E-state index in [0.29, 0.717) is 0 Å². The number of hydrogen-bond acceptors (Lipinski definition) is 4. The van der Waals surface area contributed by atoms with Crippen molar-refractivity contribution in [2.24, 2.45) is 0 Å². The summed E-state index contributed by atoms with van der Waals surface area (Å²) in [5.41, 5.74) is 1.10. The highest BCUT2D eigenvalue weighted by Gasteiger charge is 2.01. The molecule has 0 N–H and O–H groups in total. The van der Waals surface area contributed by atoms with Gasteiger partial charge < -0.3 is 4.74 Å². The van der Waals surface area contributed by atoms with E-state index in [4.69, 9.17) is 4.74 Å². The summed E-state index contributed by atoms with van der Waals surface area (Å²) in [7, 11) is 3.79. The second-order valence-corrected chi connectivity index (χ2v) is 4.30.